The molecule has 0 saturated carbocycles. The lowest BCUT2D eigenvalue weighted by atomic mass is 10.1. The highest BCUT2D eigenvalue weighted by atomic mass is 15.2. The van der Waals surface area contributed by atoms with Gasteiger partial charge in [-0.3, -0.25) is 10.1 Å². The average molecular weight is 279 g/mol. The van der Waals surface area contributed by atoms with E-state index in [1.165, 1.54) is 0 Å². The first-order chi connectivity index (χ1) is 10.2. The van der Waals surface area contributed by atoms with Gasteiger partial charge in [-0.1, -0.05) is 18.2 Å². The first-order valence-corrected chi connectivity index (χ1v) is 6.86. The average Bonchev–Trinajstić information content (AvgIpc) is 2.93. The van der Waals surface area contributed by atoms with Crippen LogP contribution in [0.1, 0.15) is 17.1 Å². The fraction of sp³-hybridized carbons (Fsp3) is 0.188. The summed E-state index contributed by atoms with van der Waals surface area (Å²) >= 11 is 0. The van der Waals surface area contributed by atoms with Crippen molar-refractivity contribution in [2.45, 2.75) is 20.4 Å². The number of pyridine rings is 1. The minimum Gasteiger partial charge on any atom is -0.380 e. The number of benzene rings is 1. The molecule has 0 saturated heterocycles. The molecule has 21 heavy (non-hydrogen) atoms. The van der Waals surface area contributed by atoms with Gasteiger partial charge in [-0.15, -0.1) is 0 Å². The third kappa shape index (κ3) is 3.08. The van der Waals surface area contributed by atoms with E-state index in [9.17, 15) is 0 Å². The predicted molar refractivity (Wildman–Crippen MR) is 82.9 cm³/mol. The van der Waals surface area contributed by atoms with Crippen LogP contribution in [0.2, 0.25) is 0 Å². The number of hydrogen-bond acceptors (Lipinski definition) is 4. The summed E-state index contributed by atoms with van der Waals surface area (Å²) in [4.78, 5) is 8.69. The van der Waals surface area contributed by atoms with Crippen LogP contribution in [0.15, 0.2) is 42.6 Å². The van der Waals surface area contributed by atoms with Crippen LogP contribution in [0.4, 0.5) is 5.69 Å². The molecule has 0 unspecified atom stereocenters. The van der Waals surface area contributed by atoms with Gasteiger partial charge >= 0.3 is 0 Å². The summed E-state index contributed by atoms with van der Waals surface area (Å²) < 4.78 is 0. The smallest absolute Gasteiger partial charge is 0.183 e. The molecule has 2 N–H and O–H groups in total. The normalized spacial score (nSPS) is 10.6. The predicted octanol–water partition coefficient (Wildman–Crippen LogP) is 3.10. The number of nitrogens with zero attached hydrogens (tertiary/aromatic N) is 3. The third-order valence-electron chi connectivity index (χ3n) is 3.22. The van der Waals surface area contributed by atoms with Crippen molar-refractivity contribution in [1.82, 2.24) is 20.2 Å². The number of aryl methyl sites for hydroxylation is 2. The van der Waals surface area contributed by atoms with E-state index in [1.54, 1.807) is 0 Å². The molecule has 0 aliphatic heterocycles. The number of anilines is 1. The maximum atomic E-state index is 4.39. The van der Waals surface area contributed by atoms with Crippen LogP contribution in [0, 0.1) is 13.8 Å². The van der Waals surface area contributed by atoms with E-state index in [0.29, 0.717) is 12.4 Å². The minimum atomic E-state index is 0.706. The highest BCUT2D eigenvalue weighted by molar-refractivity contribution is 5.73. The molecule has 0 bridgehead atoms. The zero-order valence-corrected chi connectivity index (χ0v) is 12.1. The maximum absolute atomic E-state index is 4.39. The van der Waals surface area contributed by atoms with Gasteiger partial charge in [0.05, 0.1) is 0 Å². The largest absolute Gasteiger partial charge is 0.380 e. The highest BCUT2D eigenvalue weighted by Crippen LogP contribution is 2.25. The summed E-state index contributed by atoms with van der Waals surface area (Å²) in [6.45, 7) is 4.59. The van der Waals surface area contributed by atoms with Gasteiger partial charge in [0.25, 0.3) is 0 Å². The van der Waals surface area contributed by atoms with Crippen molar-refractivity contribution >= 4 is 5.69 Å². The van der Waals surface area contributed by atoms with Crippen molar-refractivity contribution in [3.63, 3.8) is 0 Å². The molecule has 3 rings (SSSR count). The van der Waals surface area contributed by atoms with Crippen LogP contribution in [-0.4, -0.2) is 20.2 Å². The second-order valence-corrected chi connectivity index (χ2v) is 4.95. The molecule has 0 aliphatic rings. The molecule has 2 heterocycles. The first-order valence-electron chi connectivity index (χ1n) is 6.86. The summed E-state index contributed by atoms with van der Waals surface area (Å²) in [6, 6.07) is 12.1. The van der Waals surface area contributed by atoms with Crippen molar-refractivity contribution in [2.24, 2.45) is 0 Å². The second kappa shape index (κ2) is 5.75. The van der Waals surface area contributed by atoms with Crippen LogP contribution >= 0.6 is 0 Å². The first kappa shape index (κ1) is 13.3. The van der Waals surface area contributed by atoms with Crippen molar-refractivity contribution in [3.8, 4) is 11.4 Å². The van der Waals surface area contributed by atoms with Gasteiger partial charge in [-0.05, 0) is 37.6 Å². The fourth-order valence-corrected chi connectivity index (χ4v) is 2.10. The van der Waals surface area contributed by atoms with Crippen molar-refractivity contribution in [1.29, 1.82) is 0 Å². The summed E-state index contributed by atoms with van der Waals surface area (Å²) in [5.41, 5.74) is 4.16. The Morgan fingerprint density at radius 2 is 1.95 bits per heavy atom. The lowest BCUT2D eigenvalue weighted by Crippen LogP contribution is -2.02. The molecule has 106 valence electrons. The SMILES string of the molecule is Cc1ccc(CNc2ccccc2-c2n[nH]c(C)n2)cn1. The fourth-order valence-electron chi connectivity index (χ4n) is 2.10. The number of aromatic nitrogens is 4. The number of para-hydroxylation sites is 1. The van der Waals surface area contributed by atoms with Crippen molar-refractivity contribution in [3.05, 3.63) is 59.7 Å². The van der Waals surface area contributed by atoms with Gasteiger partial charge in [-0.25, -0.2) is 4.98 Å². The van der Waals surface area contributed by atoms with Crippen LogP contribution < -0.4 is 5.32 Å². The van der Waals surface area contributed by atoms with Crippen LogP contribution in [-0.2, 0) is 6.54 Å². The number of rotatable bonds is 4. The Labute approximate surface area is 123 Å². The van der Waals surface area contributed by atoms with E-state index in [4.69, 9.17) is 0 Å². The summed E-state index contributed by atoms with van der Waals surface area (Å²) in [7, 11) is 0. The molecule has 5 heteroatoms. The molecule has 0 spiro atoms. The topological polar surface area (TPSA) is 66.5 Å². The van der Waals surface area contributed by atoms with E-state index in [2.05, 4.69) is 31.5 Å². The van der Waals surface area contributed by atoms with E-state index >= 15 is 0 Å². The molecule has 0 aliphatic carbocycles. The Morgan fingerprint density at radius 3 is 2.67 bits per heavy atom. The van der Waals surface area contributed by atoms with Gasteiger partial charge in [0.15, 0.2) is 5.82 Å². The number of aromatic amines is 1. The van der Waals surface area contributed by atoms with Crippen molar-refractivity contribution in [2.75, 3.05) is 5.32 Å². The molecule has 0 fully saturated rings. The second-order valence-electron chi connectivity index (χ2n) is 4.95. The number of nitrogens with one attached hydrogen (secondary N) is 2. The third-order valence-corrected chi connectivity index (χ3v) is 3.22. The zero-order valence-electron chi connectivity index (χ0n) is 12.1. The minimum absolute atomic E-state index is 0.706. The molecule has 2 aromatic heterocycles. The summed E-state index contributed by atoms with van der Waals surface area (Å²) in [5.74, 6) is 1.51. The van der Waals surface area contributed by atoms with Crippen LogP contribution in [0.25, 0.3) is 11.4 Å². The van der Waals surface area contributed by atoms with E-state index in [-0.39, 0.29) is 0 Å². The lowest BCUT2D eigenvalue weighted by Gasteiger charge is -2.10. The van der Waals surface area contributed by atoms with E-state index < -0.39 is 0 Å². The molecule has 1 aromatic carbocycles. The summed E-state index contributed by atoms with van der Waals surface area (Å²) in [6.07, 6.45) is 1.89. The van der Waals surface area contributed by atoms with Crippen molar-refractivity contribution < 1.29 is 0 Å². The monoisotopic (exact) mass is 279 g/mol. The van der Waals surface area contributed by atoms with E-state index in [1.807, 2.05) is 50.4 Å². The zero-order chi connectivity index (χ0) is 14.7. The Hall–Kier alpha value is -2.69. The molecule has 0 amide bonds. The molecule has 0 atom stereocenters. The highest BCUT2D eigenvalue weighted by Gasteiger charge is 2.08. The van der Waals surface area contributed by atoms with Gasteiger partial charge in [0.1, 0.15) is 5.82 Å². The van der Waals surface area contributed by atoms with Crippen LogP contribution in [0.5, 0.6) is 0 Å². The van der Waals surface area contributed by atoms with E-state index in [0.717, 1.165) is 28.3 Å². The Kier molecular flexibility index (Phi) is 3.64. The molecular weight excluding hydrogens is 262 g/mol. The molecular formula is C16H17N5. The van der Waals surface area contributed by atoms with Crippen LogP contribution in [0.3, 0.4) is 0 Å². The molecule has 3 aromatic rings. The Morgan fingerprint density at radius 1 is 1.10 bits per heavy atom. The maximum Gasteiger partial charge on any atom is 0.183 e. The van der Waals surface area contributed by atoms with Gasteiger partial charge in [0, 0.05) is 29.7 Å². The van der Waals surface area contributed by atoms with Gasteiger partial charge < -0.3 is 5.32 Å². The van der Waals surface area contributed by atoms with Gasteiger partial charge in [-0.2, -0.15) is 5.10 Å². The number of H-pyrrole nitrogens is 1. The number of hydrogen-bond donors (Lipinski definition) is 2. The molecule has 5 nitrogen and oxygen atoms in total. The quantitative estimate of drug-likeness (QED) is 0.770. The Bertz CT molecular complexity index is 730. The Balaban J connectivity index is 1.81. The standard InChI is InChI=1S/C16H17N5/c1-11-7-8-13(9-17-11)10-18-15-6-4-3-5-14(15)16-19-12(2)20-21-16/h3-9,18H,10H2,1-2H3,(H,19,20,21). The van der Waals surface area contributed by atoms with Gasteiger partial charge in [0.2, 0.25) is 0 Å². The lowest BCUT2D eigenvalue weighted by molar-refractivity contribution is 1.04. The summed E-state index contributed by atoms with van der Waals surface area (Å²) in [5, 5.41) is 10.5. The molecule has 0 radical (unpaired) electrons.